The standard InChI is InChI=1S/C18H19NOS2/c1-12-4-3-5-13(2)16(12)19-17(20)14-6-8-15(9-7-14)18-21-10-11-22-18/h3-9,18H,10-11H2,1-2H3,(H,19,20). The van der Waals surface area contributed by atoms with Gasteiger partial charge in [0.2, 0.25) is 0 Å². The molecule has 1 fully saturated rings. The van der Waals surface area contributed by atoms with Gasteiger partial charge in [-0.1, -0.05) is 30.3 Å². The Bertz CT molecular complexity index is 656. The van der Waals surface area contributed by atoms with Crippen LogP contribution in [0.2, 0.25) is 0 Å². The second kappa shape index (κ2) is 6.80. The highest BCUT2D eigenvalue weighted by Crippen LogP contribution is 2.45. The van der Waals surface area contributed by atoms with Crippen LogP contribution in [-0.2, 0) is 0 Å². The van der Waals surface area contributed by atoms with Gasteiger partial charge in [0.1, 0.15) is 0 Å². The van der Waals surface area contributed by atoms with E-state index in [9.17, 15) is 4.79 Å². The van der Waals surface area contributed by atoms with Crippen LogP contribution in [0.3, 0.4) is 0 Å². The third-order valence-electron chi connectivity index (χ3n) is 3.79. The molecule has 3 rings (SSSR count). The first-order valence-electron chi connectivity index (χ1n) is 7.36. The molecule has 1 amide bonds. The first-order chi connectivity index (χ1) is 10.6. The number of amides is 1. The third kappa shape index (κ3) is 3.33. The Balaban J connectivity index is 1.75. The largest absolute Gasteiger partial charge is 0.322 e. The molecule has 1 heterocycles. The van der Waals surface area contributed by atoms with Gasteiger partial charge in [0.15, 0.2) is 0 Å². The van der Waals surface area contributed by atoms with Crippen LogP contribution in [0.4, 0.5) is 5.69 Å². The Hall–Kier alpha value is -1.39. The minimum atomic E-state index is -0.0457. The second-order valence-electron chi connectivity index (χ2n) is 5.42. The number of carbonyl (C=O) groups excluding carboxylic acids is 1. The molecule has 114 valence electrons. The number of anilines is 1. The van der Waals surface area contributed by atoms with Crippen LogP contribution in [0.5, 0.6) is 0 Å². The lowest BCUT2D eigenvalue weighted by atomic mass is 10.1. The van der Waals surface area contributed by atoms with Crippen molar-refractivity contribution in [2.24, 2.45) is 0 Å². The van der Waals surface area contributed by atoms with E-state index in [-0.39, 0.29) is 5.91 Å². The van der Waals surface area contributed by atoms with Gasteiger partial charge >= 0.3 is 0 Å². The van der Waals surface area contributed by atoms with Crippen LogP contribution < -0.4 is 5.32 Å². The zero-order valence-electron chi connectivity index (χ0n) is 12.8. The molecule has 0 aromatic heterocycles. The topological polar surface area (TPSA) is 29.1 Å². The second-order valence-corrected chi connectivity index (χ2v) is 8.14. The highest BCUT2D eigenvalue weighted by Gasteiger charge is 2.18. The Morgan fingerprint density at radius 1 is 1.00 bits per heavy atom. The summed E-state index contributed by atoms with van der Waals surface area (Å²) >= 11 is 3.96. The fourth-order valence-corrected chi connectivity index (χ4v) is 5.40. The van der Waals surface area contributed by atoms with Crippen molar-refractivity contribution in [1.82, 2.24) is 0 Å². The highest BCUT2D eigenvalue weighted by atomic mass is 32.2. The van der Waals surface area contributed by atoms with Gasteiger partial charge < -0.3 is 5.32 Å². The number of hydrogen-bond donors (Lipinski definition) is 1. The van der Waals surface area contributed by atoms with Crippen LogP contribution in [0.25, 0.3) is 0 Å². The molecule has 2 aromatic carbocycles. The molecule has 0 aliphatic carbocycles. The molecule has 0 saturated carbocycles. The maximum absolute atomic E-state index is 12.4. The molecule has 1 aliphatic heterocycles. The van der Waals surface area contributed by atoms with Gasteiger partial charge in [-0.2, -0.15) is 0 Å². The Morgan fingerprint density at radius 2 is 1.59 bits per heavy atom. The number of hydrogen-bond acceptors (Lipinski definition) is 3. The summed E-state index contributed by atoms with van der Waals surface area (Å²) in [5.74, 6) is 2.38. The maximum Gasteiger partial charge on any atom is 0.255 e. The first-order valence-corrected chi connectivity index (χ1v) is 9.45. The molecule has 0 spiro atoms. The van der Waals surface area contributed by atoms with Crippen molar-refractivity contribution in [3.05, 3.63) is 64.7 Å². The van der Waals surface area contributed by atoms with Gasteiger partial charge in [0, 0.05) is 22.8 Å². The van der Waals surface area contributed by atoms with E-state index in [1.54, 1.807) is 0 Å². The normalized spacial score (nSPS) is 15.0. The lowest BCUT2D eigenvalue weighted by molar-refractivity contribution is 0.102. The van der Waals surface area contributed by atoms with E-state index in [0.717, 1.165) is 16.8 Å². The summed E-state index contributed by atoms with van der Waals surface area (Å²) in [5.41, 5.74) is 5.10. The summed E-state index contributed by atoms with van der Waals surface area (Å²) in [6.45, 7) is 4.03. The lowest BCUT2D eigenvalue weighted by Gasteiger charge is -2.12. The molecular weight excluding hydrogens is 310 g/mol. The maximum atomic E-state index is 12.4. The molecule has 0 unspecified atom stereocenters. The SMILES string of the molecule is Cc1cccc(C)c1NC(=O)c1ccc(C2SCCS2)cc1. The molecule has 2 nitrogen and oxygen atoms in total. The smallest absolute Gasteiger partial charge is 0.255 e. The number of para-hydroxylation sites is 1. The fourth-order valence-electron chi connectivity index (χ4n) is 2.54. The van der Waals surface area contributed by atoms with E-state index in [1.807, 2.05) is 67.7 Å². The number of benzene rings is 2. The zero-order valence-corrected chi connectivity index (χ0v) is 14.4. The van der Waals surface area contributed by atoms with E-state index in [0.29, 0.717) is 10.1 Å². The molecule has 1 N–H and O–H groups in total. The van der Waals surface area contributed by atoms with E-state index < -0.39 is 0 Å². The van der Waals surface area contributed by atoms with Crippen molar-refractivity contribution in [3.63, 3.8) is 0 Å². The van der Waals surface area contributed by atoms with Crippen LogP contribution in [0, 0.1) is 13.8 Å². The van der Waals surface area contributed by atoms with Gasteiger partial charge in [-0.15, -0.1) is 23.5 Å². The van der Waals surface area contributed by atoms with Crippen LogP contribution >= 0.6 is 23.5 Å². The van der Waals surface area contributed by atoms with E-state index in [1.165, 1.54) is 17.1 Å². The van der Waals surface area contributed by atoms with Crippen molar-refractivity contribution in [1.29, 1.82) is 0 Å². The average Bonchev–Trinajstić information content (AvgIpc) is 3.05. The van der Waals surface area contributed by atoms with Crippen molar-refractivity contribution < 1.29 is 4.79 Å². The predicted octanol–water partition coefficient (Wildman–Crippen LogP) is 5.03. The van der Waals surface area contributed by atoms with Crippen molar-refractivity contribution >= 4 is 35.1 Å². The van der Waals surface area contributed by atoms with E-state index in [4.69, 9.17) is 0 Å². The summed E-state index contributed by atoms with van der Waals surface area (Å²) < 4.78 is 0.524. The van der Waals surface area contributed by atoms with E-state index in [2.05, 4.69) is 17.4 Å². The molecule has 0 atom stereocenters. The van der Waals surface area contributed by atoms with E-state index >= 15 is 0 Å². The van der Waals surface area contributed by atoms with Crippen molar-refractivity contribution in [2.45, 2.75) is 18.4 Å². The Kier molecular flexibility index (Phi) is 4.79. The number of rotatable bonds is 3. The number of thioether (sulfide) groups is 2. The lowest BCUT2D eigenvalue weighted by Crippen LogP contribution is -2.13. The quantitative estimate of drug-likeness (QED) is 0.856. The summed E-state index contributed by atoms with van der Waals surface area (Å²) in [6, 6.07) is 14.0. The van der Waals surface area contributed by atoms with Crippen molar-refractivity contribution in [3.8, 4) is 0 Å². The number of carbonyl (C=O) groups is 1. The van der Waals surface area contributed by atoms with Gasteiger partial charge in [-0.05, 0) is 42.7 Å². The third-order valence-corrected chi connectivity index (χ3v) is 6.89. The minimum absolute atomic E-state index is 0.0457. The zero-order chi connectivity index (χ0) is 15.5. The minimum Gasteiger partial charge on any atom is -0.322 e. The van der Waals surface area contributed by atoms with Gasteiger partial charge in [-0.25, -0.2) is 0 Å². The fraction of sp³-hybridized carbons (Fsp3) is 0.278. The molecule has 1 aliphatic rings. The molecule has 1 saturated heterocycles. The van der Waals surface area contributed by atoms with Gasteiger partial charge in [0.05, 0.1) is 4.58 Å². The van der Waals surface area contributed by atoms with Gasteiger partial charge in [0.25, 0.3) is 5.91 Å². The van der Waals surface area contributed by atoms with Crippen LogP contribution in [0.1, 0.15) is 31.6 Å². The first kappa shape index (κ1) is 15.5. The van der Waals surface area contributed by atoms with Crippen molar-refractivity contribution in [2.75, 3.05) is 16.8 Å². The highest BCUT2D eigenvalue weighted by molar-refractivity contribution is 8.19. The summed E-state index contributed by atoms with van der Waals surface area (Å²) in [4.78, 5) is 12.4. The summed E-state index contributed by atoms with van der Waals surface area (Å²) in [7, 11) is 0. The average molecular weight is 329 g/mol. The monoisotopic (exact) mass is 329 g/mol. The van der Waals surface area contributed by atoms with Gasteiger partial charge in [-0.3, -0.25) is 4.79 Å². The summed E-state index contributed by atoms with van der Waals surface area (Å²) in [6.07, 6.45) is 0. The molecular formula is C18H19NOS2. The Labute approximate surface area is 140 Å². The molecule has 0 radical (unpaired) electrons. The molecule has 0 bridgehead atoms. The molecule has 22 heavy (non-hydrogen) atoms. The predicted molar refractivity (Wildman–Crippen MR) is 98.0 cm³/mol. The van der Waals surface area contributed by atoms with Crippen LogP contribution in [0.15, 0.2) is 42.5 Å². The number of aryl methyl sites for hydroxylation is 2. The number of nitrogens with one attached hydrogen (secondary N) is 1. The summed E-state index contributed by atoms with van der Waals surface area (Å²) in [5, 5.41) is 3.03. The molecule has 4 heteroatoms. The Morgan fingerprint density at radius 3 is 2.18 bits per heavy atom. The van der Waals surface area contributed by atoms with Crippen LogP contribution in [-0.4, -0.2) is 17.4 Å². The molecule has 2 aromatic rings.